The molecule has 102 valence electrons. The molecule has 1 aromatic heterocycles. The zero-order valence-corrected chi connectivity index (χ0v) is 10.4. The Hall–Kier alpha value is -2.33. The van der Waals surface area contributed by atoms with Crippen LogP contribution < -0.4 is 0 Å². The molecular weight excluding hydrogens is 295 g/mol. The van der Waals surface area contributed by atoms with Crippen LogP contribution in [0.5, 0.6) is 0 Å². The molecule has 0 atom stereocenters. The Kier molecular flexibility index (Phi) is 3.51. The van der Waals surface area contributed by atoms with Crippen molar-refractivity contribution in [1.82, 2.24) is 9.78 Å². The fourth-order valence-corrected chi connectivity index (χ4v) is 1.87. The lowest BCUT2D eigenvalue weighted by Crippen LogP contribution is -2.09. The highest BCUT2D eigenvalue weighted by atomic mass is 35.5. The lowest BCUT2D eigenvalue weighted by atomic mass is 10.2. The number of nitriles is 1. The van der Waals surface area contributed by atoms with Crippen molar-refractivity contribution in [2.75, 3.05) is 0 Å². The van der Waals surface area contributed by atoms with E-state index in [1.165, 1.54) is 24.3 Å². The van der Waals surface area contributed by atoms with Crippen LogP contribution in [0.1, 0.15) is 21.6 Å². The Bertz CT molecular complexity index is 716. The van der Waals surface area contributed by atoms with Crippen molar-refractivity contribution >= 4 is 17.9 Å². The first-order valence-corrected chi connectivity index (χ1v) is 5.57. The van der Waals surface area contributed by atoms with Gasteiger partial charge in [0.15, 0.2) is 12.0 Å². The third kappa shape index (κ3) is 2.38. The van der Waals surface area contributed by atoms with Gasteiger partial charge in [0.2, 0.25) is 0 Å². The number of benzene rings is 1. The predicted octanol–water partition coefficient (Wildman–Crippen LogP) is 3.23. The fraction of sp³-hybridized carbons (Fsp3) is 0.0833. The third-order valence-electron chi connectivity index (χ3n) is 2.47. The van der Waals surface area contributed by atoms with Crippen molar-refractivity contribution in [1.29, 1.82) is 5.26 Å². The first-order valence-electron chi connectivity index (χ1n) is 5.20. The number of carbonyl (C=O) groups is 1. The maximum absolute atomic E-state index is 12.7. The second-order valence-electron chi connectivity index (χ2n) is 3.74. The number of hydrogen-bond acceptors (Lipinski definition) is 3. The molecule has 2 aromatic rings. The molecule has 4 nitrogen and oxygen atoms in total. The van der Waals surface area contributed by atoms with E-state index in [-0.39, 0.29) is 17.5 Å². The zero-order chi connectivity index (χ0) is 14.9. The summed E-state index contributed by atoms with van der Waals surface area (Å²) in [5.41, 5.74) is -1.70. The van der Waals surface area contributed by atoms with E-state index in [0.29, 0.717) is 0 Å². The summed E-state index contributed by atoms with van der Waals surface area (Å²) in [7, 11) is 0. The van der Waals surface area contributed by atoms with Crippen LogP contribution in [-0.4, -0.2) is 16.1 Å². The number of aromatic nitrogens is 2. The normalized spacial score (nSPS) is 11.2. The van der Waals surface area contributed by atoms with Gasteiger partial charge in [-0.25, -0.2) is 4.68 Å². The van der Waals surface area contributed by atoms with E-state index in [2.05, 4.69) is 5.10 Å². The van der Waals surface area contributed by atoms with E-state index in [4.69, 9.17) is 16.9 Å². The monoisotopic (exact) mass is 299 g/mol. The van der Waals surface area contributed by atoms with Gasteiger partial charge >= 0.3 is 6.18 Å². The molecule has 2 rings (SSSR count). The van der Waals surface area contributed by atoms with E-state index in [1.54, 1.807) is 0 Å². The van der Waals surface area contributed by atoms with Crippen molar-refractivity contribution < 1.29 is 18.0 Å². The minimum absolute atomic E-state index is 0.00278. The summed E-state index contributed by atoms with van der Waals surface area (Å²) < 4.78 is 39.0. The molecule has 0 unspecified atom stereocenters. The average molecular weight is 300 g/mol. The summed E-state index contributed by atoms with van der Waals surface area (Å²) in [6.45, 7) is 0. The smallest absolute Gasteiger partial charge is 0.298 e. The average Bonchev–Trinajstić information content (AvgIpc) is 2.75. The van der Waals surface area contributed by atoms with E-state index < -0.39 is 22.6 Å². The van der Waals surface area contributed by atoms with Gasteiger partial charge in [0.1, 0.15) is 5.15 Å². The molecule has 0 aliphatic rings. The van der Waals surface area contributed by atoms with Crippen LogP contribution in [0.25, 0.3) is 5.69 Å². The summed E-state index contributed by atoms with van der Waals surface area (Å²) >= 11 is 5.75. The topological polar surface area (TPSA) is 58.7 Å². The molecule has 0 aliphatic heterocycles. The first-order chi connectivity index (χ1) is 9.38. The van der Waals surface area contributed by atoms with Gasteiger partial charge in [-0.05, 0) is 18.2 Å². The predicted molar refractivity (Wildman–Crippen MR) is 63.7 cm³/mol. The van der Waals surface area contributed by atoms with Crippen LogP contribution in [0.3, 0.4) is 0 Å². The first kappa shape index (κ1) is 14.1. The van der Waals surface area contributed by atoms with Crippen LogP contribution in [0.2, 0.25) is 5.15 Å². The molecule has 0 spiro atoms. The maximum atomic E-state index is 12.7. The Morgan fingerprint density at radius 2 is 2.10 bits per heavy atom. The highest BCUT2D eigenvalue weighted by Crippen LogP contribution is 2.34. The minimum Gasteiger partial charge on any atom is -0.298 e. The summed E-state index contributed by atoms with van der Waals surface area (Å²) in [6.07, 6.45) is -4.79. The fourth-order valence-electron chi connectivity index (χ4n) is 1.60. The van der Waals surface area contributed by atoms with Crippen LogP contribution in [0.15, 0.2) is 24.3 Å². The quantitative estimate of drug-likeness (QED) is 0.800. The van der Waals surface area contributed by atoms with Crippen LogP contribution in [0.4, 0.5) is 13.2 Å². The summed E-state index contributed by atoms with van der Waals surface area (Å²) in [4.78, 5) is 10.8. The van der Waals surface area contributed by atoms with E-state index >= 15 is 0 Å². The summed E-state index contributed by atoms with van der Waals surface area (Å²) in [5.74, 6) is 0. The van der Waals surface area contributed by atoms with Crippen molar-refractivity contribution in [2.45, 2.75) is 6.18 Å². The molecular formula is C12H5ClF3N3O. The highest BCUT2D eigenvalue weighted by molar-refractivity contribution is 6.32. The van der Waals surface area contributed by atoms with Crippen molar-refractivity contribution in [3.8, 4) is 11.8 Å². The van der Waals surface area contributed by atoms with Gasteiger partial charge in [0.05, 0.1) is 22.9 Å². The van der Waals surface area contributed by atoms with Crippen LogP contribution in [0, 0.1) is 11.3 Å². The Balaban J connectivity index is 2.67. The number of alkyl halides is 3. The third-order valence-corrected chi connectivity index (χ3v) is 2.83. The van der Waals surface area contributed by atoms with Gasteiger partial charge in [-0.1, -0.05) is 17.7 Å². The number of aldehydes is 1. The maximum Gasteiger partial charge on any atom is 0.435 e. The van der Waals surface area contributed by atoms with Gasteiger partial charge in [0.25, 0.3) is 0 Å². The molecule has 0 N–H and O–H groups in total. The van der Waals surface area contributed by atoms with Gasteiger partial charge in [-0.3, -0.25) is 4.79 Å². The van der Waals surface area contributed by atoms with Gasteiger partial charge < -0.3 is 0 Å². The number of nitrogens with zero attached hydrogens (tertiary/aromatic N) is 3. The van der Waals surface area contributed by atoms with Crippen molar-refractivity contribution in [3.05, 3.63) is 46.2 Å². The van der Waals surface area contributed by atoms with Crippen molar-refractivity contribution in [3.63, 3.8) is 0 Å². The van der Waals surface area contributed by atoms with Crippen LogP contribution in [-0.2, 0) is 6.18 Å². The molecule has 0 amide bonds. The standard InChI is InChI=1S/C12H5ClF3N3O/c13-11-9(6-20)10(12(14,15)16)18-19(11)8-3-1-2-7(4-8)5-17/h1-4,6H. The van der Waals surface area contributed by atoms with Gasteiger partial charge in [0, 0.05) is 0 Å². The molecule has 0 bridgehead atoms. The molecule has 1 aromatic carbocycles. The lowest BCUT2D eigenvalue weighted by Gasteiger charge is -2.03. The highest BCUT2D eigenvalue weighted by Gasteiger charge is 2.39. The minimum atomic E-state index is -4.79. The second-order valence-corrected chi connectivity index (χ2v) is 4.10. The molecule has 0 aliphatic carbocycles. The molecule has 0 saturated heterocycles. The molecule has 0 fully saturated rings. The Labute approximate surface area is 116 Å². The molecule has 1 heterocycles. The van der Waals surface area contributed by atoms with E-state index in [1.807, 2.05) is 6.07 Å². The number of halogens is 4. The van der Waals surface area contributed by atoms with E-state index in [0.717, 1.165) is 4.68 Å². The SMILES string of the molecule is N#Cc1cccc(-n2nc(C(F)(F)F)c(C=O)c2Cl)c1. The lowest BCUT2D eigenvalue weighted by molar-refractivity contribution is -0.141. The number of rotatable bonds is 2. The van der Waals surface area contributed by atoms with Crippen molar-refractivity contribution in [2.24, 2.45) is 0 Å². The zero-order valence-electron chi connectivity index (χ0n) is 9.65. The molecule has 8 heteroatoms. The summed E-state index contributed by atoms with van der Waals surface area (Å²) in [5, 5.41) is 11.6. The van der Waals surface area contributed by atoms with E-state index in [9.17, 15) is 18.0 Å². The van der Waals surface area contributed by atoms with Crippen LogP contribution >= 0.6 is 11.6 Å². The second kappa shape index (κ2) is 4.98. The number of hydrogen-bond donors (Lipinski definition) is 0. The molecule has 20 heavy (non-hydrogen) atoms. The largest absolute Gasteiger partial charge is 0.435 e. The summed E-state index contributed by atoms with van der Waals surface area (Å²) in [6, 6.07) is 7.53. The molecule has 0 radical (unpaired) electrons. The van der Waals surface area contributed by atoms with Gasteiger partial charge in [-0.15, -0.1) is 0 Å². The van der Waals surface area contributed by atoms with Gasteiger partial charge in [-0.2, -0.15) is 23.5 Å². The number of carbonyl (C=O) groups excluding carboxylic acids is 1. The molecule has 0 saturated carbocycles. The Morgan fingerprint density at radius 1 is 1.40 bits per heavy atom. The Morgan fingerprint density at radius 3 is 2.60 bits per heavy atom.